The van der Waals surface area contributed by atoms with Gasteiger partial charge in [0.1, 0.15) is 11.6 Å². The summed E-state index contributed by atoms with van der Waals surface area (Å²) < 4.78 is 15.7. The van der Waals surface area contributed by atoms with E-state index in [2.05, 4.69) is 9.97 Å². The third-order valence-electron chi connectivity index (χ3n) is 3.08. The van der Waals surface area contributed by atoms with Crippen molar-refractivity contribution in [3.05, 3.63) is 60.4 Å². The van der Waals surface area contributed by atoms with Crippen molar-refractivity contribution in [2.75, 3.05) is 5.73 Å². The van der Waals surface area contributed by atoms with Crippen LogP contribution in [0.15, 0.2) is 49.1 Å². The van der Waals surface area contributed by atoms with Crippen LogP contribution in [0.4, 0.5) is 10.2 Å². The predicted molar refractivity (Wildman–Crippen MR) is 75.9 cm³/mol. The summed E-state index contributed by atoms with van der Waals surface area (Å²) in [6.07, 6.45) is 4.91. The lowest BCUT2D eigenvalue weighted by atomic mass is 10.2. The van der Waals surface area contributed by atoms with Gasteiger partial charge in [0.2, 0.25) is 0 Å². The van der Waals surface area contributed by atoms with Crippen LogP contribution in [0.25, 0.3) is 16.9 Å². The normalized spacial score (nSPS) is 10.7. The highest BCUT2D eigenvalue weighted by atomic mass is 19.1. The minimum absolute atomic E-state index is 0.293. The molecule has 5 heteroatoms. The van der Waals surface area contributed by atoms with Gasteiger partial charge < -0.3 is 5.73 Å². The number of anilines is 1. The Morgan fingerprint density at radius 2 is 2.00 bits per heavy atom. The Kier molecular flexibility index (Phi) is 2.95. The molecular weight excluding hydrogens is 255 g/mol. The van der Waals surface area contributed by atoms with Crippen LogP contribution in [0.1, 0.15) is 5.56 Å². The van der Waals surface area contributed by atoms with Crippen LogP contribution in [-0.4, -0.2) is 14.5 Å². The number of benzene rings is 1. The molecule has 0 spiro atoms. The van der Waals surface area contributed by atoms with Gasteiger partial charge >= 0.3 is 0 Å². The number of hydrogen-bond acceptors (Lipinski definition) is 3. The fourth-order valence-electron chi connectivity index (χ4n) is 2.06. The van der Waals surface area contributed by atoms with E-state index in [4.69, 9.17) is 5.73 Å². The molecule has 2 aromatic heterocycles. The Morgan fingerprint density at radius 3 is 2.75 bits per heavy atom. The molecule has 0 unspecified atom stereocenters. The summed E-state index contributed by atoms with van der Waals surface area (Å²) in [5, 5.41) is 0. The van der Waals surface area contributed by atoms with Crippen molar-refractivity contribution in [2.45, 2.75) is 6.92 Å². The predicted octanol–water partition coefficient (Wildman–Crippen LogP) is 2.96. The first-order chi connectivity index (χ1) is 9.65. The smallest absolute Gasteiger partial charge is 0.147 e. The van der Waals surface area contributed by atoms with Gasteiger partial charge in [-0.2, -0.15) is 0 Å². The van der Waals surface area contributed by atoms with E-state index < -0.39 is 0 Å². The van der Waals surface area contributed by atoms with Crippen LogP contribution in [0.3, 0.4) is 0 Å². The van der Waals surface area contributed by atoms with Crippen molar-refractivity contribution in [3.8, 4) is 16.9 Å². The molecule has 4 nitrogen and oxygen atoms in total. The molecule has 0 radical (unpaired) electrons. The molecule has 0 amide bonds. The molecule has 100 valence electrons. The molecule has 0 saturated carbocycles. The van der Waals surface area contributed by atoms with Gasteiger partial charge in [0.25, 0.3) is 0 Å². The molecule has 0 atom stereocenters. The summed E-state index contributed by atoms with van der Waals surface area (Å²) in [4.78, 5) is 8.16. The maximum Gasteiger partial charge on any atom is 0.147 e. The van der Waals surface area contributed by atoms with E-state index in [-0.39, 0.29) is 5.82 Å². The van der Waals surface area contributed by atoms with Gasteiger partial charge in [-0.05, 0) is 36.8 Å². The lowest BCUT2D eigenvalue weighted by molar-refractivity contribution is 0.618. The number of imidazole rings is 1. The summed E-state index contributed by atoms with van der Waals surface area (Å²) in [6.45, 7) is 1.92. The highest BCUT2D eigenvalue weighted by Gasteiger charge is 2.11. The molecule has 0 bridgehead atoms. The number of rotatable bonds is 2. The largest absolute Gasteiger partial charge is 0.384 e. The summed E-state index contributed by atoms with van der Waals surface area (Å²) in [7, 11) is 0. The fourth-order valence-corrected chi connectivity index (χ4v) is 2.06. The van der Waals surface area contributed by atoms with Crippen molar-refractivity contribution in [3.63, 3.8) is 0 Å². The monoisotopic (exact) mass is 268 g/mol. The van der Waals surface area contributed by atoms with E-state index in [0.29, 0.717) is 11.5 Å². The van der Waals surface area contributed by atoms with E-state index in [9.17, 15) is 4.39 Å². The van der Waals surface area contributed by atoms with Crippen LogP contribution < -0.4 is 5.73 Å². The Labute approximate surface area is 115 Å². The van der Waals surface area contributed by atoms with Crippen LogP contribution in [0, 0.1) is 12.7 Å². The van der Waals surface area contributed by atoms with Gasteiger partial charge in [0.15, 0.2) is 0 Å². The second kappa shape index (κ2) is 4.77. The Morgan fingerprint density at radius 1 is 1.15 bits per heavy atom. The van der Waals surface area contributed by atoms with E-state index in [1.54, 1.807) is 41.5 Å². The standard InChI is InChI=1S/C15H13FN4/c1-10-2-4-12(16)13(6-10)20-9-18-8-14(20)11-3-5-15(17)19-7-11/h2-9H,1H3,(H2,17,19). The zero-order chi connectivity index (χ0) is 14.1. The van der Waals surface area contributed by atoms with Crippen LogP contribution in [-0.2, 0) is 0 Å². The second-order valence-electron chi connectivity index (χ2n) is 4.58. The molecule has 2 heterocycles. The van der Waals surface area contributed by atoms with Crippen molar-refractivity contribution in [2.24, 2.45) is 0 Å². The van der Waals surface area contributed by atoms with Gasteiger partial charge in [-0.15, -0.1) is 0 Å². The number of hydrogen-bond donors (Lipinski definition) is 1. The van der Waals surface area contributed by atoms with Crippen molar-refractivity contribution >= 4 is 5.82 Å². The first kappa shape index (κ1) is 12.3. The van der Waals surface area contributed by atoms with Gasteiger partial charge in [-0.25, -0.2) is 14.4 Å². The van der Waals surface area contributed by atoms with Gasteiger partial charge in [-0.3, -0.25) is 4.57 Å². The number of nitrogen functional groups attached to an aromatic ring is 1. The molecule has 3 rings (SSSR count). The van der Waals surface area contributed by atoms with Gasteiger partial charge in [-0.1, -0.05) is 6.07 Å². The molecule has 0 fully saturated rings. The molecular formula is C15H13FN4. The molecule has 0 saturated heterocycles. The summed E-state index contributed by atoms with van der Waals surface area (Å²) >= 11 is 0. The number of halogens is 1. The molecule has 3 aromatic rings. The Bertz CT molecular complexity index is 747. The lowest BCUT2D eigenvalue weighted by Gasteiger charge is -2.10. The van der Waals surface area contributed by atoms with Crippen LogP contribution in [0.2, 0.25) is 0 Å². The van der Waals surface area contributed by atoms with Crippen LogP contribution in [0.5, 0.6) is 0 Å². The van der Waals surface area contributed by atoms with Gasteiger partial charge in [0.05, 0.1) is 23.9 Å². The van der Waals surface area contributed by atoms with Crippen molar-refractivity contribution in [1.29, 1.82) is 0 Å². The van der Waals surface area contributed by atoms with E-state index in [1.165, 1.54) is 6.07 Å². The third-order valence-corrected chi connectivity index (χ3v) is 3.08. The molecule has 0 aliphatic rings. The lowest BCUT2D eigenvalue weighted by Crippen LogP contribution is -1.99. The van der Waals surface area contributed by atoms with Gasteiger partial charge in [0, 0.05) is 11.8 Å². The minimum Gasteiger partial charge on any atom is -0.384 e. The first-order valence-electron chi connectivity index (χ1n) is 6.16. The van der Waals surface area contributed by atoms with E-state index >= 15 is 0 Å². The zero-order valence-electron chi connectivity index (χ0n) is 10.9. The fraction of sp³-hybridized carbons (Fsp3) is 0.0667. The average molecular weight is 268 g/mol. The third kappa shape index (κ3) is 2.14. The average Bonchev–Trinajstić information content (AvgIpc) is 2.91. The Balaban J connectivity index is 2.15. The maximum absolute atomic E-state index is 14.0. The highest BCUT2D eigenvalue weighted by Crippen LogP contribution is 2.24. The van der Waals surface area contributed by atoms with Crippen LogP contribution >= 0.6 is 0 Å². The number of pyridine rings is 1. The molecule has 0 aliphatic carbocycles. The van der Waals surface area contributed by atoms with E-state index in [1.807, 2.05) is 13.0 Å². The van der Waals surface area contributed by atoms with E-state index in [0.717, 1.165) is 16.8 Å². The highest BCUT2D eigenvalue weighted by molar-refractivity contribution is 5.62. The number of nitrogens with two attached hydrogens (primary N) is 1. The quantitative estimate of drug-likeness (QED) is 0.777. The topological polar surface area (TPSA) is 56.7 Å². The minimum atomic E-state index is -0.293. The number of aromatic nitrogens is 3. The maximum atomic E-state index is 14.0. The SMILES string of the molecule is Cc1ccc(F)c(-n2cncc2-c2ccc(N)nc2)c1. The molecule has 1 aromatic carbocycles. The van der Waals surface area contributed by atoms with Crippen molar-refractivity contribution in [1.82, 2.24) is 14.5 Å². The van der Waals surface area contributed by atoms with Crippen molar-refractivity contribution < 1.29 is 4.39 Å². The summed E-state index contributed by atoms with van der Waals surface area (Å²) in [5.41, 5.74) is 8.63. The summed E-state index contributed by atoms with van der Waals surface area (Å²) in [5.74, 6) is 0.153. The molecule has 2 N–H and O–H groups in total. The molecule has 0 aliphatic heterocycles. The number of nitrogens with zero attached hydrogens (tertiary/aromatic N) is 3. The summed E-state index contributed by atoms with van der Waals surface area (Å²) in [6, 6.07) is 8.52. The first-order valence-corrected chi connectivity index (χ1v) is 6.16. The molecule has 20 heavy (non-hydrogen) atoms. The zero-order valence-corrected chi connectivity index (χ0v) is 10.9. The second-order valence-corrected chi connectivity index (χ2v) is 4.58. The Hall–Kier alpha value is -2.69. The number of aryl methyl sites for hydroxylation is 1.